The molecule has 19 heavy (non-hydrogen) atoms. The molecule has 2 aromatic rings. The van der Waals surface area contributed by atoms with Gasteiger partial charge in [0, 0.05) is 19.3 Å². The SMILES string of the molecule is CN(c1ccccc1F)c1cccc2c1CNCC2. The van der Waals surface area contributed by atoms with Gasteiger partial charge >= 0.3 is 0 Å². The molecule has 3 rings (SSSR count). The molecule has 0 aliphatic carbocycles. The molecular weight excluding hydrogens is 239 g/mol. The van der Waals surface area contributed by atoms with Crippen LogP contribution in [0.4, 0.5) is 15.8 Å². The van der Waals surface area contributed by atoms with Gasteiger partial charge in [-0.05, 0) is 42.3 Å². The van der Waals surface area contributed by atoms with Crippen LogP contribution < -0.4 is 10.2 Å². The zero-order chi connectivity index (χ0) is 13.2. The summed E-state index contributed by atoms with van der Waals surface area (Å²) in [6, 6.07) is 13.2. The van der Waals surface area contributed by atoms with Crippen molar-refractivity contribution >= 4 is 11.4 Å². The highest BCUT2D eigenvalue weighted by Gasteiger charge is 2.17. The third kappa shape index (κ3) is 2.22. The van der Waals surface area contributed by atoms with Crippen LogP contribution in [0.1, 0.15) is 11.1 Å². The molecule has 2 nitrogen and oxygen atoms in total. The lowest BCUT2D eigenvalue weighted by atomic mass is 9.98. The predicted octanol–water partition coefficient (Wildman–Crippen LogP) is 3.24. The van der Waals surface area contributed by atoms with Crippen LogP contribution in [0.2, 0.25) is 0 Å². The van der Waals surface area contributed by atoms with Crippen LogP contribution in [0.5, 0.6) is 0 Å². The Bertz CT molecular complexity index is 595. The maximum atomic E-state index is 13.9. The normalized spacial score (nSPS) is 14.0. The van der Waals surface area contributed by atoms with E-state index in [0.717, 1.165) is 25.2 Å². The van der Waals surface area contributed by atoms with E-state index in [2.05, 4.69) is 23.5 Å². The van der Waals surface area contributed by atoms with Crippen molar-refractivity contribution in [3.05, 3.63) is 59.4 Å². The highest BCUT2D eigenvalue weighted by atomic mass is 19.1. The van der Waals surface area contributed by atoms with E-state index in [1.54, 1.807) is 6.07 Å². The van der Waals surface area contributed by atoms with E-state index in [9.17, 15) is 4.39 Å². The number of para-hydroxylation sites is 1. The molecule has 0 saturated heterocycles. The second kappa shape index (κ2) is 5.02. The number of rotatable bonds is 2. The van der Waals surface area contributed by atoms with E-state index in [0.29, 0.717) is 5.69 Å². The summed E-state index contributed by atoms with van der Waals surface area (Å²) in [5.41, 5.74) is 4.33. The van der Waals surface area contributed by atoms with Crippen molar-refractivity contribution in [2.75, 3.05) is 18.5 Å². The van der Waals surface area contributed by atoms with E-state index >= 15 is 0 Å². The maximum Gasteiger partial charge on any atom is 0.146 e. The number of anilines is 2. The lowest BCUT2D eigenvalue weighted by Gasteiger charge is -2.27. The van der Waals surface area contributed by atoms with Gasteiger partial charge in [-0.25, -0.2) is 4.39 Å². The summed E-state index contributed by atoms with van der Waals surface area (Å²) >= 11 is 0. The molecule has 0 bridgehead atoms. The first-order valence-corrected chi connectivity index (χ1v) is 6.57. The summed E-state index contributed by atoms with van der Waals surface area (Å²) in [6.07, 6.45) is 1.04. The summed E-state index contributed by atoms with van der Waals surface area (Å²) < 4.78 is 13.9. The second-order valence-corrected chi connectivity index (χ2v) is 4.85. The number of benzene rings is 2. The van der Waals surface area contributed by atoms with Crippen molar-refractivity contribution in [3.63, 3.8) is 0 Å². The quantitative estimate of drug-likeness (QED) is 0.887. The molecule has 1 N–H and O–H groups in total. The average Bonchev–Trinajstić information content (AvgIpc) is 2.46. The Kier molecular flexibility index (Phi) is 3.22. The topological polar surface area (TPSA) is 15.3 Å². The number of nitrogens with one attached hydrogen (secondary N) is 1. The largest absolute Gasteiger partial charge is 0.342 e. The lowest BCUT2D eigenvalue weighted by molar-refractivity contribution is 0.625. The van der Waals surface area contributed by atoms with Gasteiger partial charge in [0.2, 0.25) is 0 Å². The molecule has 0 fully saturated rings. The number of hydrogen-bond acceptors (Lipinski definition) is 2. The summed E-state index contributed by atoms with van der Waals surface area (Å²) in [6.45, 7) is 1.87. The van der Waals surface area contributed by atoms with Gasteiger partial charge in [0.1, 0.15) is 5.82 Å². The standard InChI is InChI=1S/C16H17FN2/c1-19(16-7-3-2-6-14(16)17)15-8-4-5-12-9-10-18-11-13(12)15/h2-8,18H,9-11H2,1H3. The zero-order valence-corrected chi connectivity index (χ0v) is 11.0. The van der Waals surface area contributed by atoms with Gasteiger partial charge in [-0.2, -0.15) is 0 Å². The fraction of sp³-hybridized carbons (Fsp3) is 0.250. The monoisotopic (exact) mass is 256 g/mol. The molecule has 0 atom stereocenters. The average molecular weight is 256 g/mol. The second-order valence-electron chi connectivity index (χ2n) is 4.85. The first kappa shape index (κ1) is 12.2. The predicted molar refractivity (Wildman–Crippen MR) is 76.3 cm³/mol. The number of halogens is 1. The lowest BCUT2D eigenvalue weighted by Crippen LogP contribution is -2.26. The molecule has 2 aromatic carbocycles. The van der Waals surface area contributed by atoms with E-state index in [-0.39, 0.29) is 5.82 Å². The Morgan fingerprint density at radius 1 is 1.05 bits per heavy atom. The molecule has 0 amide bonds. The van der Waals surface area contributed by atoms with Gasteiger partial charge in [-0.1, -0.05) is 24.3 Å². The van der Waals surface area contributed by atoms with Crippen LogP contribution in [0.15, 0.2) is 42.5 Å². The number of nitrogens with zero attached hydrogens (tertiary/aromatic N) is 1. The molecule has 1 aliphatic heterocycles. The summed E-state index contributed by atoms with van der Waals surface area (Å²) in [7, 11) is 1.92. The molecule has 3 heteroatoms. The van der Waals surface area contributed by atoms with E-state index in [4.69, 9.17) is 0 Å². The first-order valence-electron chi connectivity index (χ1n) is 6.57. The minimum Gasteiger partial charge on any atom is -0.342 e. The van der Waals surface area contributed by atoms with Crippen LogP contribution in [-0.4, -0.2) is 13.6 Å². The van der Waals surface area contributed by atoms with Crippen LogP contribution in [0, 0.1) is 5.82 Å². The molecule has 0 spiro atoms. The van der Waals surface area contributed by atoms with Crippen molar-refractivity contribution in [2.24, 2.45) is 0 Å². The van der Waals surface area contributed by atoms with Gasteiger partial charge in [-0.3, -0.25) is 0 Å². The highest BCUT2D eigenvalue weighted by Crippen LogP contribution is 2.31. The Morgan fingerprint density at radius 3 is 2.68 bits per heavy atom. The van der Waals surface area contributed by atoms with Gasteiger partial charge in [0.25, 0.3) is 0 Å². The summed E-state index contributed by atoms with van der Waals surface area (Å²) in [4.78, 5) is 1.93. The van der Waals surface area contributed by atoms with Gasteiger partial charge in [0.15, 0.2) is 0 Å². The van der Waals surface area contributed by atoms with Crippen molar-refractivity contribution in [3.8, 4) is 0 Å². The van der Waals surface area contributed by atoms with E-state index in [1.807, 2.05) is 24.1 Å². The van der Waals surface area contributed by atoms with Crippen molar-refractivity contribution < 1.29 is 4.39 Å². The van der Waals surface area contributed by atoms with Crippen LogP contribution in [0.25, 0.3) is 0 Å². The van der Waals surface area contributed by atoms with Gasteiger partial charge in [0.05, 0.1) is 5.69 Å². The number of fused-ring (bicyclic) bond motifs is 1. The third-order valence-corrected chi connectivity index (χ3v) is 3.70. The Labute approximate surface area is 112 Å². The maximum absolute atomic E-state index is 13.9. The Morgan fingerprint density at radius 2 is 1.84 bits per heavy atom. The van der Waals surface area contributed by atoms with Crippen molar-refractivity contribution in [1.82, 2.24) is 5.32 Å². The molecule has 0 unspecified atom stereocenters. The fourth-order valence-corrected chi connectivity index (χ4v) is 2.66. The number of hydrogen-bond donors (Lipinski definition) is 1. The molecule has 0 aromatic heterocycles. The van der Waals surface area contributed by atoms with Crippen LogP contribution in [-0.2, 0) is 13.0 Å². The minimum absolute atomic E-state index is 0.189. The highest BCUT2D eigenvalue weighted by molar-refractivity contribution is 5.67. The summed E-state index contributed by atoms with van der Waals surface area (Å²) in [5, 5.41) is 3.38. The Balaban J connectivity index is 2.05. The zero-order valence-electron chi connectivity index (χ0n) is 11.0. The molecule has 0 saturated carbocycles. The van der Waals surface area contributed by atoms with E-state index in [1.165, 1.54) is 17.2 Å². The van der Waals surface area contributed by atoms with Crippen molar-refractivity contribution in [2.45, 2.75) is 13.0 Å². The minimum atomic E-state index is -0.189. The van der Waals surface area contributed by atoms with Gasteiger partial charge < -0.3 is 10.2 Å². The molecular formula is C16H17FN2. The van der Waals surface area contributed by atoms with Crippen LogP contribution in [0.3, 0.4) is 0 Å². The fourth-order valence-electron chi connectivity index (χ4n) is 2.66. The molecule has 0 radical (unpaired) electrons. The van der Waals surface area contributed by atoms with Crippen molar-refractivity contribution in [1.29, 1.82) is 0 Å². The first-order chi connectivity index (χ1) is 9.27. The molecule has 1 aliphatic rings. The van der Waals surface area contributed by atoms with E-state index < -0.39 is 0 Å². The summed E-state index contributed by atoms with van der Waals surface area (Å²) in [5.74, 6) is -0.189. The smallest absolute Gasteiger partial charge is 0.146 e. The Hall–Kier alpha value is -1.87. The van der Waals surface area contributed by atoms with Gasteiger partial charge in [-0.15, -0.1) is 0 Å². The molecule has 98 valence electrons. The molecule has 1 heterocycles. The van der Waals surface area contributed by atoms with Crippen LogP contribution >= 0.6 is 0 Å². The third-order valence-electron chi connectivity index (χ3n) is 3.70.